The van der Waals surface area contributed by atoms with E-state index in [0.29, 0.717) is 0 Å². The summed E-state index contributed by atoms with van der Waals surface area (Å²) in [4.78, 5) is 24.2. The van der Waals surface area contributed by atoms with Crippen LogP contribution in [-0.2, 0) is 11.0 Å². The summed E-state index contributed by atoms with van der Waals surface area (Å²) in [7, 11) is 0. The Balaban J connectivity index is 2.25. The number of ketones is 1. The standard InChI is InChI=1S/C20H15F3O4/c1-11(24)9-15(12-5-4-6-13(10-12)20(21,22)23)17-18(25)14-7-2-3-8-16(14)27-19(17)26/h2-8,10,15,25H,9H2,1H3/t15-/m0/s1. The zero-order valence-corrected chi connectivity index (χ0v) is 14.2. The molecule has 0 spiro atoms. The fourth-order valence-corrected chi connectivity index (χ4v) is 3.06. The van der Waals surface area contributed by atoms with Gasteiger partial charge in [0.15, 0.2) is 0 Å². The van der Waals surface area contributed by atoms with Gasteiger partial charge in [-0.2, -0.15) is 13.2 Å². The van der Waals surface area contributed by atoms with Crippen molar-refractivity contribution in [2.75, 3.05) is 0 Å². The molecule has 1 heterocycles. The summed E-state index contributed by atoms with van der Waals surface area (Å²) in [5.74, 6) is -1.81. The first-order valence-electron chi connectivity index (χ1n) is 8.09. The van der Waals surface area contributed by atoms with E-state index >= 15 is 0 Å². The number of Topliss-reactive ketones (excluding diaryl/α,β-unsaturated/α-hetero) is 1. The minimum absolute atomic E-state index is 0.0953. The Morgan fingerprint density at radius 2 is 1.85 bits per heavy atom. The molecule has 4 nitrogen and oxygen atoms in total. The first kappa shape index (κ1) is 18.7. The van der Waals surface area contributed by atoms with Gasteiger partial charge in [-0.3, -0.25) is 4.79 Å². The molecule has 1 atom stereocenters. The number of carbonyl (C=O) groups is 1. The average Bonchev–Trinajstić information content (AvgIpc) is 2.60. The third-order valence-corrected chi connectivity index (χ3v) is 4.28. The predicted molar refractivity (Wildman–Crippen MR) is 92.7 cm³/mol. The van der Waals surface area contributed by atoms with Gasteiger partial charge in [-0.15, -0.1) is 0 Å². The molecule has 0 amide bonds. The summed E-state index contributed by atoms with van der Waals surface area (Å²) in [5, 5.41) is 10.9. The molecule has 0 bridgehead atoms. The molecule has 0 aliphatic carbocycles. The van der Waals surface area contributed by atoms with Crippen LogP contribution in [0.15, 0.2) is 57.7 Å². The van der Waals surface area contributed by atoms with Crippen LogP contribution < -0.4 is 5.63 Å². The Morgan fingerprint density at radius 1 is 1.15 bits per heavy atom. The molecule has 0 radical (unpaired) electrons. The topological polar surface area (TPSA) is 67.5 Å². The fraction of sp³-hybridized carbons (Fsp3) is 0.200. The maximum absolute atomic E-state index is 13.1. The van der Waals surface area contributed by atoms with Gasteiger partial charge in [0.1, 0.15) is 17.1 Å². The number of aromatic hydroxyl groups is 1. The summed E-state index contributed by atoms with van der Waals surface area (Å²) in [6.45, 7) is 1.26. The summed E-state index contributed by atoms with van der Waals surface area (Å²) >= 11 is 0. The number of carbonyl (C=O) groups excluding carboxylic acids is 1. The smallest absolute Gasteiger partial charge is 0.416 e. The Labute approximate surface area is 151 Å². The molecule has 1 aromatic heterocycles. The van der Waals surface area contributed by atoms with Crippen molar-refractivity contribution in [3.8, 4) is 5.75 Å². The van der Waals surface area contributed by atoms with Crippen molar-refractivity contribution in [1.82, 2.24) is 0 Å². The van der Waals surface area contributed by atoms with Crippen LogP contribution in [0.1, 0.15) is 36.0 Å². The molecule has 7 heteroatoms. The maximum Gasteiger partial charge on any atom is 0.416 e. The number of benzene rings is 2. The first-order valence-corrected chi connectivity index (χ1v) is 8.09. The van der Waals surface area contributed by atoms with Crippen LogP contribution in [0, 0.1) is 0 Å². The zero-order chi connectivity index (χ0) is 19.8. The lowest BCUT2D eigenvalue weighted by Crippen LogP contribution is -2.17. The number of hydrogen-bond acceptors (Lipinski definition) is 4. The van der Waals surface area contributed by atoms with Crippen LogP contribution in [-0.4, -0.2) is 10.9 Å². The maximum atomic E-state index is 13.1. The van der Waals surface area contributed by atoms with Gasteiger partial charge in [0, 0.05) is 12.3 Å². The molecule has 0 unspecified atom stereocenters. The molecule has 3 rings (SSSR count). The molecule has 0 aliphatic heterocycles. The van der Waals surface area contributed by atoms with Crippen molar-refractivity contribution < 1.29 is 27.5 Å². The van der Waals surface area contributed by atoms with Crippen molar-refractivity contribution in [2.24, 2.45) is 0 Å². The molecular weight excluding hydrogens is 361 g/mol. The molecule has 0 aliphatic rings. The van der Waals surface area contributed by atoms with Crippen LogP contribution >= 0.6 is 0 Å². The molecular formula is C20H15F3O4. The van der Waals surface area contributed by atoms with E-state index in [1.54, 1.807) is 12.1 Å². The summed E-state index contributed by atoms with van der Waals surface area (Å²) in [6.07, 6.45) is -4.83. The third kappa shape index (κ3) is 3.72. The Hall–Kier alpha value is -3.09. The summed E-state index contributed by atoms with van der Waals surface area (Å²) in [6, 6.07) is 10.6. The zero-order valence-electron chi connectivity index (χ0n) is 14.2. The van der Waals surface area contributed by atoms with Crippen molar-refractivity contribution in [1.29, 1.82) is 0 Å². The lowest BCUT2D eigenvalue weighted by atomic mass is 9.86. The van der Waals surface area contributed by atoms with E-state index in [1.165, 1.54) is 31.2 Å². The normalized spacial score (nSPS) is 12.9. The van der Waals surface area contributed by atoms with E-state index in [4.69, 9.17) is 4.42 Å². The number of halogens is 3. The lowest BCUT2D eigenvalue weighted by molar-refractivity contribution is -0.137. The highest BCUT2D eigenvalue weighted by Gasteiger charge is 2.32. The van der Waals surface area contributed by atoms with Crippen molar-refractivity contribution >= 4 is 16.8 Å². The number of para-hydroxylation sites is 1. The van der Waals surface area contributed by atoms with Crippen molar-refractivity contribution in [3.05, 3.63) is 75.6 Å². The fourth-order valence-electron chi connectivity index (χ4n) is 3.06. The van der Waals surface area contributed by atoms with Crippen molar-refractivity contribution in [3.63, 3.8) is 0 Å². The molecule has 0 saturated carbocycles. The van der Waals surface area contributed by atoms with Gasteiger partial charge < -0.3 is 9.52 Å². The number of rotatable bonds is 4. The van der Waals surface area contributed by atoms with Gasteiger partial charge >= 0.3 is 11.8 Å². The van der Waals surface area contributed by atoms with Gasteiger partial charge in [0.05, 0.1) is 16.5 Å². The first-order chi connectivity index (χ1) is 12.7. The largest absolute Gasteiger partial charge is 0.507 e. The number of alkyl halides is 3. The van der Waals surface area contributed by atoms with Crippen molar-refractivity contribution in [2.45, 2.75) is 25.4 Å². The second-order valence-corrected chi connectivity index (χ2v) is 6.23. The SMILES string of the molecule is CC(=O)C[C@@H](c1cccc(C(F)(F)F)c1)c1c(O)c2ccccc2oc1=O. The highest BCUT2D eigenvalue weighted by atomic mass is 19.4. The second-order valence-electron chi connectivity index (χ2n) is 6.23. The highest BCUT2D eigenvalue weighted by molar-refractivity contribution is 5.85. The van der Waals surface area contributed by atoms with Gasteiger partial charge in [0.2, 0.25) is 0 Å². The Morgan fingerprint density at radius 3 is 2.52 bits per heavy atom. The predicted octanol–water partition coefficient (Wildman–Crippen LogP) is 4.63. The second kappa shape index (κ2) is 6.90. The van der Waals surface area contributed by atoms with Crippen LogP contribution in [0.5, 0.6) is 5.75 Å². The van der Waals surface area contributed by atoms with Gasteiger partial charge in [-0.25, -0.2) is 4.79 Å². The molecule has 140 valence electrons. The minimum atomic E-state index is -4.58. The average molecular weight is 376 g/mol. The number of hydrogen-bond donors (Lipinski definition) is 1. The Kier molecular flexibility index (Phi) is 4.78. The van der Waals surface area contributed by atoms with Crippen LogP contribution in [0.25, 0.3) is 11.0 Å². The summed E-state index contributed by atoms with van der Waals surface area (Å²) < 4.78 is 44.4. The minimum Gasteiger partial charge on any atom is -0.507 e. The molecule has 2 aromatic carbocycles. The Bertz CT molecular complexity index is 1070. The van der Waals surface area contributed by atoms with Crippen LogP contribution in [0.2, 0.25) is 0 Å². The van der Waals surface area contributed by atoms with Gasteiger partial charge in [0.25, 0.3) is 0 Å². The molecule has 3 aromatic rings. The van der Waals surface area contributed by atoms with E-state index in [2.05, 4.69) is 0 Å². The van der Waals surface area contributed by atoms with E-state index in [-0.39, 0.29) is 34.3 Å². The van der Waals surface area contributed by atoms with Gasteiger partial charge in [-0.1, -0.05) is 30.3 Å². The highest BCUT2D eigenvalue weighted by Crippen LogP contribution is 2.38. The molecule has 0 fully saturated rings. The van der Waals surface area contributed by atoms with Gasteiger partial charge in [-0.05, 0) is 30.7 Å². The van der Waals surface area contributed by atoms with E-state index < -0.39 is 29.0 Å². The quantitative estimate of drug-likeness (QED) is 0.674. The van der Waals surface area contributed by atoms with Crippen LogP contribution in [0.4, 0.5) is 13.2 Å². The third-order valence-electron chi connectivity index (χ3n) is 4.28. The molecule has 1 N–H and O–H groups in total. The lowest BCUT2D eigenvalue weighted by Gasteiger charge is -2.18. The van der Waals surface area contributed by atoms with E-state index in [9.17, 15) is 27.9 Å². The number of fused-ring (bicyclic) bond motifs is 1. The molecule has 0 saturated heterocycles. The van der Waals surface area contributed by atoms with Crippen LogP contribution in [0.3, 0.4) is 0 Å². The summed E-state index contributed by atoms with van der Waals surface area (Å²) in [5.41, 5.74) is -1.79. The van der Waals surface area contributed by atoms with E-state index in [0.717, 1.165) is 12.1 Å². The molecule has 27 heavy (non-hydrogen) atoms. The van der Waals surface area contributed by atoms with E-state index in [1.807, 2.05) is 0 Å². The monoisotopic (exact) mass is 376 g/mol.